The van der Waals surface area contributed by atoms with Crippen molar-refractivity contribution in [3.05, 3.63) is 95.7 Å². The normalized spacial score (nSPS) is 22.5. The smallest absolute Gasteiger partial charge is 0.0684 e. The highest BCUT2D eigenvalue weighted by Gasteiger charge is 2.23. The SMILES string of the molecule is C=C(/C=C/C1=CCC(C)C(CC)=C1)CC(=C)/C=C/C1=CC(C[P+](C)(C)C)C=C1. The van der Waals surface area contributed by atoms with Gasteiger partial charge in [-0.05, 0) is 36.3 Å². The minimum atomic E-state index is -0.743. The zero-order chi connectivity index (χ0) is 20.7. The first-order chi connectivity index (χ1) is 13.2. The van der Waals surface area contributed by atoms with Crippen molar-refractivity contribution in [2.24, 2.45) is 11.8 Å². The lowest BCUT2D eigenvalue weighted by Crippen LogP contribution is -2.02. The summed E-state index contributed by atoms with van der Waals surface area (Å²) < 4.78 is 0. The van der Waals surface area contributed by atoms with Gasteiger partial charge >= 0.3 is 0 Å². The molecule has 2 aliphatic rings. The van der Waals surface area contributed by atoms with E-state index in [1.54, 1.807) is 5.57 Å². The summed E-state index contributed by atoms with van der Waals surface area (Å²) in [6.07, 6.45) is 24.7. The number of hydrogen-bond acceptors (Lipinski definition) is 0. The molecule has 2 atom stereocenters. The second-order valence-electron chi connectivity index (χ2n) is 9.24. The van der Waals surface area contributed by atoms with Crippen LogP contribution in [0.3, 0.4) is 0 Å². The second-order valence-corrected chi connectivity index (χ2v) is 14.2. The fourth-order valence-corrected chi connectivity index (χ4v) is 5.23. The van der Waals surface area contributed by atoms with E-state index in [-0.39, 0.29) is 0 Å². The third-order valence-corrected chi connectivity index (χ3v) is 6.80. The van der Waals surface area contributed by atoms with E-state index in [4.69, 9.17) is 0 Å². The van der Waals surface area contributed by atoms with Crippen molar-refractivity contribution < 1.29 is 0 Å². The van der Waals surface area contributed by atoms with Crippen LogP contribution in [-0.4, -0.2) is 26.2 Å². The zero-order valence-electron chi connectivity index (χ0n) is 18.5. The molecule has 0 nitrogen and oxygen atoms in total. The summed E-state index contributed by atoms with van der Waals surface area (Å²) in [4.78, 5) is 0. The molecule has 2 unspecified atom stereocenters. The Hall–Kier alpha value is -1.65. The second kappa shape index (κ2) is 10.2. The van der Waals surface area contributed by atoms with Gasteiger partial charge in [0, 0.05) is 33.2 Å². The van der Waals surface area contributed by atoms with E-state index >= 15 is 0 Å². The Morgan fingerprint density at radius 3 is 2.36 bits per heavy atom. The van der Waals surface area contributed by atoms with Crippen LogP contribution in [0.25, 0.3) is 0 Å². The van der Waals surface area contributed by atoms with Crippen LogP contribution in [0.15, 0.2) is 95.7 Å². The maximum Gasteiger partial charge on any atom is 0.0684 e. The van der Waals surface area contributed by atoms with E-state index in [1.807, 2.05) is 0 Å². The van der Waals surface area contributed by atoms with Gasteiger partial charge in [-0.15, -0.1) is 0 Å². The minimum absolute atomic E-state index is 0.603. The molecule has 0 saturated heterocycles. The Morgan fingerprint density at radius 2 is 1.75 bits per heavy atom. The molecule has 0 amide bonds. The van der Waals surface area contributed by atoms with Crippen molar-refractivity contribution in [3.63, 3.8) is 0 Å². The van der Waals surface area contributed by atoms with Crippen LogP contribution in [-0.2, 0) is 0 Å². The molecule has 0 heterocycles. The maximum atomic E-state index is 4.21. The van der Waals surface area contributed by atoms with Crippen molar-refractivity contribution in [2.45, 2.75) is 33.1 Å². The molecule has 150 valence electrons. The highest BCUT2D eigenvalue weighted by molar-refractivity contribution is 7.73. The quantitative estimate of drug-likeness (QED) is 0.276. The molecule has 0 N–H and O–H groups in total. The molecule has 28 heavy (non-hydrogen) atoms. The van der Waals surface area contributed by atoms with Crippen molar-refractivity contribution in [1.82, 2.24) is 0 Å². The molecule has 2 rings (SSSR count). The molecule has 0 spiro atoms. The van der Waals surface area contributed by atoms with Crippen LogP contribution in [0.1, 0.15) is 33.1 Å². The molecule has 0 saturated carbocycles. The molecule has 0 aromatic carbocycles. The largest absolute Gasteiger partial charge is 0.0955 e. The first-order valence-electron chi connectivity index (χ1n) is 10.5. The maximum absolute atomic E-state index is 4.21. The summed E-state index contributed by atoms with van der Waals surface area (Å²) in [5.74, 6) is 1.28. The topological polar surface area (TPSA) is 0 Å². The van der Waals surface area contributed by atoms with Gasteiger partial charge in [0.25, 0.3) is 0 Å². The average molecular weight is 394 g/mol. The van der Waals surface area contributed by atoms with Crippen LogP contribution in [0.5, 0.6) is 0 Å². The van der Waals surface area contributed by atoms with Gasteiger partial charge < -0.3 is 0 Å². The fourth-order valence-electron chi connectivity index (χ4n) is 3.73. The number of allylic oxidation sites excluding steroid dienone is 14. The zero-order valence-corrected chi connectivity index (χ0v) is 19.4. The van der Waals surface area contributed by atoms with Crippen molar-refractivity contribution >= 4 is 7.26 Å². The Morgan fingerprint density at radius 1 is 1.11 bits per heavy atom. The standard InChI is InChI=1S/C27H38P/c1-8-27-19-25(14-11-23(27)4)13-10-22(3)17-21(2)9-12-24-15-16-26(18-24)20-28(5,6)7/h9-10,12-16,18-19,23,26H,2-3,8,11,17,20H2,1,4-7H3/q+1/b12-9+,13-10+. The first-order valence-corrected chi connectivity index (χ1v) is 13.8. The highest BCUT2D eigenvalue weighted by atomic mass is 31.2. The summed E-state index contributed by atoms with van der Waals surface area (Å²) >= 11 is 0. The van der Waals surface area contributed by atoms with E-state index < -0.39 is 7.26 Å². The van der Waals surface area contributed by atoms with Crippen LogP contribution in [0.2, 0.25) is 0 Å². The molecule has 0 radical (unpaired) electrons. The Kier molecular flexibility index (Phi) is 8.26. The Bertz CT molecular complexity index is 772. The molecular weight excluding hydrogens is 355 g/mol. The van der Waals surface area contributed by atoms with Crippen molar-refractivity contribution in [3.8, 4) is 0 Å². The minimum Gasteiger partial charge on any atom is -0.0955 e. The molecule has 1 heteroatoms. The van der Waals surface area contributed by atoms with E-state index in [0.717, 1.165) is 30.4 Å². The first kappa shape index (κ1) is 22.6. The summed E-state index contributed by atoms with van der Waals surface area (Å²) in [5.41, 5.74) is 6.37. The summed E-state index contributed by atoms with van der Waals surface area (Å²) in [7, 11) is -0.743. The van der Waals surface area contributed by atoms with Gasteiger partial charge in [0.2, 0.25) is 0 Å². The third kappa shape index (κ3) is 7.76. The van der Waals surface area contributed by atoms with Gasteiger partial charge in [-0.1, -0.05) is 98.4 Å². The molecule has 0 aliphatic heterocycles. The van der Waals surface area contributed by atoms with Gasteiger partial charge in [-0.3, -0.25) is 0 Å². The van der Waals surface area contributed by atoms with Crippen LogP contribution in [0.4, 0.5) is 0 Å². The highest BCUT2D eigenvalue weighted by Crippen LogP contribution is 2.49. The van der Waals surface area contributed by atoms with Gasteiger partial charge in [0.05, 0.1) is 6.16 Å². The predicted molar refractivity (Wildman–Crippen MR) is 132 cm³/mol. The Balaban J connectivity index is 1.84. The van der Waals surface area contributed by atoms with Crippen LogP contribution in [0, 0.1) is 11.8 Å². The van der Waals surface area contributed by atoms with Gasteiger partial charge in [0.15, 0.2) is 0 Å². The van der Waals surface area contributed by atoms with Crippen molar-refractivity contribution in [1.29, 1.82) is 0 Å². The fraction of sp³-hybridized carbons (Fsp3) is 0.407. The molecule has 0 fully saturated rings. The van der Waals surface area contributed by atoms with E-state index in [0.29, 0.717) is 11.8 Å². The van der Waals surface area contributed by atoms with E-state index in [9.17, 15) is 0 Å². The predicted octanol–water partition coefficient (Wildman–Crippen LogP) is 7.92. The number of rotatable bonds is 9. The van der Waals surface area contributed by atoms with Crippen LogP contribution >= 0.6 is 7.26 Å². The lowest BCUT2D eigenvalue weighted by Gasteiger charge is -2.18. The molecular formula is C27H38P+. The summed E-state index contributed by atoms with van der Waals surface area (Å²) in [5, 5.41) is 0. The van der Waals surface area contributed by atoms with Gasteiger partial charge in [-0.2, -0.15) is 0 Å². The molecule has 0 aromatic rings. The van der Waals surface area contributed by atoms with Crippen LogP contribution < -0.4 is 0 Å². The van der Waals surface area contributed by atoms with E-state index in [1.165, 1.54) is 17.3 Å². The lowest BCUT2D eigenvalue weighted by molar-refractivity contribution is 0.657. The monoisotopic (exact) mass is 393 g/mol. The van der Waals surface area contributed by atoms with E-state index in [2.05, 4.69) is 102 Å². The van der Waals surface area contributed by atoms with Gasteiger partial charge in [0.1, 0.15) is 0 Å². The van der Waals surface area contributed by atoms with Crippen molar-refractivity contribution in [2.75, 3.05) is 26.2 Å². The Labute approximate surface area is 174 Å². The van der Waals surface area contributed by atoms with Gasteiger partial charge in [-0.25, -0.2) is 0 Å². The average Bonchev–Trinajstić information content (AvgIpc) is 3.04. The molecule has 0 aromatic heterocycles. The third-order valence-electron chi connectivity index (χ3n) is 5.28. The molecule has 2 aliphatic carbocycles. The number of hydrogen-bond donors (Lipinski definition) is 0. The molecule has 0 bridgehead atoms. The summed E-state index contributed by atoms with van der Waals surface area (Å²) in [6, 6.07) is 0. The summed E-state index contributed by atoms with van der Waals surface area (Å²) in [6.45, 7) is 20.2. The lowest BCUT2D eigenvalue weighted by atomic mass is 9.88.